The van der Waals surface area contributed by atoms with Gasteiger partial charge in [0.1, 0.15) is 0 Å². The van der Waals surface area contributed by atoms with Crippen molar-refractivity contribution in [2.24, 2.45) is 27.1 Å². The highest BCUT2D eigenvalue weighted by Gasteiger charge is 1.60. The molecule has 0 aliphatic carbocycles. The van der Waals surface area contributed by atoms with Crippen LogP contribution >= 0.6 is 0 Å². The Kier molecular flexibility index (Phi) is 7.31. The molecule has 4 N–H and O–H groups in total. The number of hydrazone groups is 1. The summed E-state index contributed by atoms with van der Waals surface area (Å²) < 4.78 is 0. The van der Waals surface area contributed by atoms with Crippen LogP contribution in [0.2, 0.25) is 0 Å². The largest absolute Gasteiger partial charge is 0.322 e. The Hall–Kier alpha value is -2.12. The fraction of sp³-hybridized carbons (Fsp3) is 0. The van der Waals surface area contributed by atoms with Gasteiger partial charge in [-0.2, -0.15) is 5.10 Å². The Morgan fingerprint density at radius 2 is 1.83 bits per heavy atom. The van der Waals surface area contributed by atoms with Crippen molar-refractivity contribution in [2.45, 2.75) is 0 Å². The normalized spacial score (nSPS) is 9.67. The Balaban J connectivity index is 0.000000202. The van der Waals surface area contributed by atoms with Crippen molar-refractivity contribution in [3.63, 3.8) is 0 Å². The highest BCUT2D eigenvalue weighted by Crippen LogP contribution is 1.61. The van der Waals surface area contributed by atoms with Gasteiger partial charge in [-0.15, -0.1) is 15.3 Å². The van der Waals surface area contributed by atoms with Crippen LogP contribution in [0.3, 0.4) is 0 Å². The lowest BCUT2D eigenvalue weighted by Gasteiger charge is -1.68. The molecule has 0 amide bonds. The Morgan fingerprint density at radius 3 is 2.00 bits per heavy atom. The number of rotatable bonds is 1. The zero-order chi connectivity index (χ0) is 9.07. The molecule has 0 saturated heterocycles. The molecule has 8 heteroatoms. The highest BCUT2D eigenvalue weighted by atomic mass is 15.3. The van der Waals surface area contributed by atoms with Crippen LogP contribution < -0.4 is 11.7 Å². The van der Waals surface area contributed by atoms with E-state index in [9.17, 15) is 0 Å². The van der Waals surface area contributed by atoms with Gasteiger partial charge in [0.15, 0.2) is 6.34 Å². The van der Waals surface area contributed by atoms with Gasteiger partial charge in [-0.05, 0) is 11.3 Å². The van der Waals surface area contributed by atoms with Crippen LogP contribution in [0.25, 0.3) is 0 Å². The summed E-state index contributed by atoms with van der Waals surface area (Å²) in [5.74, 6) is 9.10. The third-order valence-electron chi connectivity index (χ3n) is 0.594. The second-order valence-corrected chi connectivity index (χ2v) is 1.31. The molecule has 0 saturated carbocycles. The van der Waals surface area contributed by atoms with Crippen LogP contribution in [0.4, 0.5) is 0 Å². The van der Waals surface area contributed by atoms with Crippen molar-refractivity contribution in [3.05, 3.63) is 18.5 Å². The van der Waals surface area contributed by atoms with Crippen molar-refractivity contribution in [1.82, 2.24) is 15.4 Å². The molecule has 0 fully saturated rings. The van der Waals surface area contributed by atoms with E-state index >= 15 is 0 Å². The van der Waals surface area contributed by atoms with Gasteiger partial charge >= 0.3 is 0 Å². The molecule has 0 radical (unpaired) electrons. The van der Waals surface area contributed by atoms with Gasteiger partial charge in [-0.3, -0.25) is 0 Å². The second-order valence-electron chi connectivity index (χ2n) is 1.31. The SMILES string of the molecule is NN=CN=NN.c1cnnnc1. The van der Waals surface area contributed by atoms with E-state index in [-0.39, 0.29) is 0 Å². The van der Waals surface area contributed by atoms with Crippen molar-refractivity contribution >= 4 is 6.34 Å². The molecule has 0 aliphatic rings. The van der Waals surface area contributed by atoms with Crippen LogP contribution in [0.15, 0.2) is 33.9 Å². The molecule has 0 aromatic carbocycles. The molecular weight excluding hydrogens is 160 g/mol. The maximum Gasteiger partial charge on any atom is 0.159 e. The van der Waals surface area contributed by atoms with E-state index < -0.39 is 0 Å². The predicted molar refractivity (Wildman–Crippen MR) is 41.5 cm³/mol. The van der Waals surface area contributed by atoms with E-state index in [4.69, 9.17) is 0 Å². The Morgan fingerprint density at radius 1 is 1.17 bits per heavy atom. The first-order chi connectivity index (χ1) is 5.91. The van der Waals surface area contributed by atoms with Crippen LogP contribution in [0.5, 0.6) is 0 Å². The number of hydrogen-bond donors (Lipinski definition) is 2. The second kappa shape index (κ2) is 8.88. The monoisotopic (exact) mass is 168 g/mol. The maximum absolute atomic E-state index is 4.57. The van der Waals surface area contributed by atoms with Gasteiger partial charge in [0.25, 0.3) is 0 Å². The van der Waals surface area contributed by atoms with E-state index in [0.29, 0.717) is 0 Å². The number of nitrogens with zero attached hydrogens (tertiary/aromatic N) is 6. The summed E-state index contributed by atoms with van der Waals surface area (Å²) in [5, 5.41) is 19.0. The summed E-state index contributed by atoms with van der Waals surface area (Å²) in [6.45, 7) is 0. The number of hydrogen-bond acceptors (Lipinski definition) is 6. The van der Waals surface area contributed by atoms with E-state index in [1.807, 2.05) is 0 Å². The molecule has 0 unspecified atom stereocenters. The summed E-state index contributed by atoms with van der Waals surface area (Å²) >= 11 is 0. The summed E-state index contributed by atoms with van der Waals surface area (Å²) in [7, 11) is 0. The third kappa shape index (κ3) is 7.88. The molecule has 1 heterocycles. The van der Waals surface area contributed by atoms with Gasteiger partial charge in [-0.1, -0.05) is 5.22 Å². The van der Waals surface area contributed by atoms with Gasteiger partial charge in [0.05, 0.1) is 12.4 Å². The van der Waals surface area contributed by atoms with Gasteiger partial charge in [-0.25, -0.2) is 0 Å². The van der Waals surface area contributed by atoms with Crippen molar-refractivity contribution < 1.29 is 0 Å². The molecule has 64 valence electrons. The van der Waals surface area contributed by atoms with E-state index in [0.717, 1.165) is 6.34 Å². The Labute approximate surface area is 68.4 Å². The quantitative estimate of drug-likeness (QED) is 0.184. The first-order valence-electron chi connectivity index (χ1n) is 2.82. The van der Waals surface area contributed by atoms with Crippen molar-refractivity contribution in [3.8, 4) is 0 Å². The molecule has 0 aliphatic heterocycles. The number of aromatic nitrogens is 3. The average molecular weight is 168 g/mol. The molecule has 1 rings (SSSR count). The molecule has 1 aromatic rings. The van der Waals surface area contributed by atoms with Crippen LogP contribution in [0.1, 0.15) is 0 Å². The standard InChI is InChI=1S/C3H3N3.CH5N5/c1-2-4-6-5-3-1;2-4-1-5-6-3/h1-3H;1H,2H2,(H2,3,4,5). The topological polar surface area (TPSA) is 128 Å². The fourth-order valence-electron chi connectivity index (χ4n) is 0.265. The van der Waals surface area contributed by atoms with E-state index in [2.05, 4.69) is 42.5 Å². The minimum absolute atomic E-state index is 1.04. The predicted octanol–water partition coefficient (Wildman–Crippen LogP) is -0.914. The molecule has 8 nitrogen and oxygen atoms in total. The van der Waals surface area contributed by atoms with E-state index in [1.54, 1.807) is 18.5 Å². The average Bonchev–Trinajstić information content (AvgIpc) is 2.18. The summed E-state index contributed by atoms with van der Waals surface area (Å²) in [6, 6.07) is 1.72. The van der Waals surface area contributed by atoms with Crippen molar-refractivity contribution in [2.75, 3.05) is 0 Å². The zero-order valence-corrected chi connectivity index (χ0v) is 6.15. The molecular formula is C4H8N8. The van der Waals surface area contributed by atoms with Gasteiger partial charge < -0.3 is 11.7 Å². The van der Waals surface area contributed by atoms with Crippen LogP contribution in [-0.4, -0.2) is 21.7 Å². The number of nitrogens with two attached hydrogens (primary N) is 2. The lowest BCUT2D eigenvalue weighted by atomic mass is 10.7. The van der Waals surface area contributed by atoms with Crippen molar-refractivity contribution in [1.29, 1.82) is 0 Å². The lowest BCUT2D eigenvalue weighted by Crippen LogP contribution is -1.80. The summed E-state index contributed by atoms with van der Waals surface area (Å²) in [6.07, 6.45) is 4.19. The zero-order valence-electron chi connectivity index (χ0n) is 6.15. The summed E-state index contributed by atoms with van der Waals surface area (Å²) in [5.41, 5.74) is 0. The van der Waals surface area contributed by atoms with Crippen LogP contribution in [0, 0.1) is 0 Å². The molecule has 0 bridgehead atoms. The third-order valence-corrected chi connectivity index (χ3v) is 0.594. The fourth-order valence-corrected chi connectivity index (χ4v) is 0.265. The first-order valence-corrected chi connectivity index (χ1v) is 2.82. The lowest BCUT2D eigenvalue weighted by molar-refractivity contribution is 0.865. The van der Waals surface area contributed by atoms with Gasteiger partial charge in [0.2, 0.25) is 0 Å². The first kappa shape index (κ1) is 9.88. The molecule has 1 aromatic heterocycles. The molecule has 12 heavy (non-hydrogen) atoms. The minimum atomic E-state index is 1.04. The van der Waals surface area contributed by atoms with Gasteiger partial charge in [0, 0.05) is 0 Å². The smallest absolute Gasteiger partial charge is 0.159 e. The highest BCUT2D eigenvalue weighted by molar-refractivity contribution is 5.53. The van der Waals surface area contributed by atoms with Crippen LogP contribution in [-0.2, 0) is 0 Å². The molecule has 0 atom stereocenters. The Bertz CT molecular complexity index is 181. The molecule has 0 spiro atoms. The maximum atomic E-state index is 4.57. The summed E-state index contributed by atoms with van der Waals surface area (Å²) in [4.78, 5) is 0. The van der Waals surface area contributed by atoms with E-state index in [1.165, 1.54) is 0 Å². The minimum Gasteiger partial charge on any atom is -0.322 e.